The van der Waals surface area contributed by atoms with Gasteiger partial charge in [0, 0.05) is 45.3 Å². The van der Waals surface area contributed by atoms with E-state index in [1.807, 2.05) is 42.5 Å². The molecule has 2 heterocycles. The van der Waals surface area contributed by atoms with Gasteiger partial charge < -0.3 is 9.80 Å². The summed E-state index contributed by atoms with van der Waals surface area (Å²) in [6.45, 7) is 8.47. The van der Waals surface area contributed by atoms with Gasteiger partial charge in [0.2, 0.25) is 0 Å². The van der Waals surface area contributed by atoms with Gasteiger partial charge in [-0.05, 0) is 137 Å². The minimum atomic E-state index is -0.151. The van der Waals surface area contributed by atoms with Crippen LogP contribution in [0.3, 0.4) is 0 Å². The first kappa shape index (κ1) is 36.7. The van der Waals surface area contributed by atoms with E-state index in [0.717, 1.165) is 50.8 Å². The van der Waals surface area contributed by atoms with Crippen molar-refractivity contribution in [3.8, 4) is 28.3 Å². The zero-order valence-electron chi connectivity index (χ0n) is 35.1. The molecule has 5 heteroatoms. The number of nitriles is 1. The Hall–Kier alpha value is -8.90. The first-order chi connectivity index (χ1) is 32.1. The topological polar surface area (TPSA) is 34.6 Å². The van der Waals surface area contributed by atoms with Gasteiger partial charge in [0.15, 0.2) is 5.69 Å². The largest absolute Gasteiger partial charge is 0.311 e. The lowest BCUT2D eigenvalue weighted by Crippen LogP contribution is -2.61. The third-order valence-corrected chi connectivity index (χ3v) is 13.6. The zero-order chi connectivity index (χ0) is 43.2. The fourth-order valence-electron chi connectivity index (χ4n) is 10.8. The molecule has 11 aromatic rings. The maximum atomic E-state index is 11.0. The van der Waals surface area contributed by atoms with E-state index in [2.05, 4.69) is 191 Å². The molecule has 0 saturated heterocycles. The molecule has 0 atom stereocenters. The lowest BCUT2D eigenvalue weighted by Gasteiger charge is -2.45. The number of fused-ring (bicyclic) bond motifs is 10. The molecule has 0 saturated carbocycles. The van der Waals surface area contributed by atoms with Crippen LogP contribution in [0, 0.1) is 17.9 Å². The number of benzene rings is 11. The molecule has 65 heavy (non-hydrogen) atoms. The summed E-state index contributed by atoms with van der Waals surface area (Å²) >= 11 is 0. The minimum Gasteiger partial charge on any atom is -0.311 e. The number of para-hydroxylation sites is 2. The van der Waals surface area contributed by atoms with Crippen molar-refractivity contribution in [2.75, 3.05) is 9.80 Å². The molecule has 298 valence electrons. The van der Waals surface area contributed by atoms with Gasteiger partial charge in [-0.25, -0.2) is 4.85 Å². The van der Waals surface area contributed by atoms with E-state index >= 15 is 0 Å². The molecule has 0 bridgehead atoms. The third-order valence-electron chi connectivity index (χ3n) is 13.6. The van der Waals surface area contributed by atoms with Crippen molar-refractivity contribution < 1.29 is 0 Å². The van der Waals surface area contributed by atoms with Crippen LogP contribution in [0.25, 0.3) is 70.2 Å². The van der Waals surface area contributed by atoms with E-state index in [0.29, 0.717) is 16.8 Å². The Balaban J connectivity index is 1.19. The summed E-state index contributed by atoms with van der Waals surface area (Å²) in [6, 6.07) is 78.1. The zero-order valence-corrected chi connectivity index (χ0v) is 35.1. The van der Waals surface area contributed by atoms with E-state index in [9.17, 15) is 5.26 Å². The third kappa shape index (κ3) is 5.57. The summed E-state index contributed by atoms with van der Waals surface area (Å²) in [5.41, 5.74) is 14.0. The molecule has 0 spiro atoms. The Morgan fingerprint density at radius 1 is 0.415 bits per heavy atom. The second-order valence-electron chi connectivity index (χ2n) is 17.0. The van der Waals surface area contributed by atoms with Gasteiger partial charge in [0.25, 0.3) is 6.71 Å². The molecule has 0 unspecified atom stereocenters. The molecule has 11 aromatic carbocycles. The summed E-state index contributed by atoms with van der Waals surface area (Å²) < 4.78 is 0. The molecule has 2 aliphatic heterocycles. The number of hydrogen-bond acceptors (Lipinski definition) is 3. The van der Waals surface area contributed by atoms with E-state index in [1.54, 1.807) is 0 Å². The van der Waals surface area contributed by atoms with E-state index in [-0.39, 0.29) is 6.71 Å². The number of rotatable bonds is 4. The van der Waals surface area contributed by atoms with Crippen LogP contribution in [0.5, 0.6) is 0 Å². The highest BCUT2D eigenvalue weighted by Gasteiger charge is 2.44. The van der Waals surface area contributed by atoms with Gasteiger partial charge in [-0.1, -0.05) is 152 Å². The van der Waals surface area contributed by atoms with Crippen molar-refractivity contribution >= 4 is 106 Å². The Morgan fingerprint density at radius 2 is 0.892 bits per heavy atom. The summed E-state index contributed by atoms with van der Waals surface area (Å²) in [6.07, 6.45) is 0. The maximum Gasteiger partial charge on any atom is 0.252 e. The van der Waals surface area contributed by atoms with Crippen LogP contribution in [0.15, 0.2) is 212 Å². The van der Waals surface area contributed by atoms with Crippen LogP contribution >= 0.6 is 0 Å². The first-order valence-electron chi connectivity index (χ1n) is 22.0. The van der Waals surface area contributed by atoms with Crippen molar-refractivity contribution in [1.29, 1.82) is 5.26 Å². The Labute approximate surface area is 377 Å². The van der Waals surface area contributed by atoms with Crippen LogP contribution in [0.2, 0.25) is 0 Å². The summed E-state index contributed by atoms with van der Waals surface area (Å²) in [5.74, 6) is 0. The minimum absolute atomic E-state index is 0.151. The predicted molar refractivity (Wildman–Crippen MR) is 272 cm³/mol. The summed E-state index contributed by atoms with van der Waals surface area (Å²) in [4.78, 5) is 9.00. The molecule has 0 aliphatic carbocycles. The van der Waals surface area contributed by atoms with Gasteiger partial charge in [0.05, 0.1) is 12.6 Å². The normalized spacial score (nSPS) is 12.5. The molecule has 0 amide bonds. The Morgan fingerprint density at radius 3 is 1.40 bits per heavy atom. The summed E-state index contributed by atoms with van der Waals surface area (Å²) in [5, 5.41) is 20.6. The maximum absolute atomic E-state index is 11.0. The Kier molecular flexibility index (Phi) is 8.10. The van der Waals surface area contributed by atoms with Gasteiger partial charge in [0.1, 0.15) is 0 Å². The fourth-order valence-corrected chi connectivity index (χ4v) is 10.8. The molecule has 0 aromatic heterocycles. The SMILES string of the molecule is [C-]#[N+]c1cc(-c2ccccc2)cc(C#N)c1-c1cc2c3c(c1)N(c1ccccc1)c1cc4c(ccc5ccccc54)cc1B3c1cc3ccc4ccccc4c3cc1N2c1ccccc1. The molecule has 13 rings (SSSR count). The smallest absolute Gasteiger partial charge is 0.252 e. The molecule has 4 nitrogen and oxygen atoms in total. The second-order valence-corrected chi connectivity index (χ2v) is 17.0. The lowest BCUT2D eigenvalue weighted by molar-refractivity contribution is 1.26. The van der Waals surface area contributed by atoms with Crippen LogP contribution in [0.4, 0.5) is 39.8 Å². The van der Waals surface area contributed by atoms with Crippen LogP contribution < -0.4 is 26.2 Å². The second kappa shape index (κ2) is 14.3. The van der Waals surface area contributed by atoms with Gasteiger partial charge in [-0.15, -0.1) is 0 Å². The highest BCUT2D eigenvalue weighted by Crippen LogP contribution is 2.49. The lowest BCUT2D eigenvalue weighted by atomic mass is 9.33. The quantitative estimate of drug-likeness (QED) is 0.101. The van der Waals surface area contributed by atoms with Crippen LogP contribution in [-0.2, 0) is 0 Å². The van der Waals surface area contributed by atoms with Gasteiger partial charge >= 0.3 is 0 Å². The molecular weight excluding hydrogens is 787 g/mol. The van der Waals surface area contributed by atoms with E-state index < -0.39 is 0 Å². The fraction of sp³-hybridized carbons (Fsp3) is 0. The van der Waals surface area contributed by atoms with Gasteiger partial charge in [-0.3, -0.25) is 0 Å². The highest BCUT2D eigenvalue weighted by molar-refractivity contribution is 7.00. The van der Waals surface area contributed by atoms with Crippen LogP contribution in [0.1, 0.15) is 5.56 Å². The van der Waals surface area contributed by atoms with Crippen LogP contribution in [-0.4, -0.2) is 6.71 Å². The molecule has 2 aliphatic rings. The molecule has 0 N–H and O–H groups in total. The highest BCUT2D eigenvalue weighted by atomic mass is 15.2. The number of nitrogens with zero attached hydrogens (tertiary/aromatic N) is 4. The van der Waals surface area contributed by atoms with Crippen molar-refractivity contribution in [3.05, 3.63) is 229 Å². The van der Waals surface area contributed by atoms with E-state index in [1.165, 1.54) is 59.5 Å². The van der Waals surface area contributed by atoms with Crippen molar-refractivity contribution in [1.82, 2.24) is 0 Å². The average Bonchev–Trinajstić information content (AvgIpc) is 3.37. The Bertz CT molecular complexity index is 3640. The monoisotopic (exact) mass is 822 g/mol. The van der Waals surface area contributed by atoms with Crippen molar-refractivity contribution in [3.63, 3.8) is 0 Å². The first-order valence-corrected chi connectivity index (χ1v) is 22.0. The standard InChI is InChI=1S/C60H35BN4/c1-63-54-32-43(38-15-5-2-6-16-38)29-45(37-62)59(54)44-33-57-60-58(34-44)65(47-21-9-4-10-22-47)56-36-51-42(28-26-40-18-12-14-24-49(40)51)31-53(56)61(60)52-30-41-27-25-39-17-11-13-23-48(39)50(41)35-55(52)64(57)46-19-7-3-8-20-46/h2-36H. The van der Waals surface area contributed by atoms with Crippen molar-refractivity contribution in [2.24, 2.45) is 0 Å². The predicted octanol–water partition coefficient (Wildman–Crippen LogP) is 14.1. The van der Waals surface area contributed by atoms with Gasteiger partial charge in [-0.2, -0.15) is 5.26 Å². The number of anilines is 6. The summed E-state index contributed by atoms with van der Waals surface area (Å²) in [7, 11) is 0. The molecular formula is C60H35BN4. The van der Waals surface area contributed by atoms with Crippen molar-refractivity contribution in [2.45, 2.75) is 0 Å². The van der Waals surface area contributed by atoms with E-state index in [4.69, 9.17) is 6.57 Å². The molecule has 0 fully saturated rings. The molecule has 0 radical (unpaired) electrons. The number of hydrogen-bond donors (Lipinski definition) is 0. The average molecular weight is 823 g/mol.